The number of nitrogens with one attached hydrogen (secondary N) is 1. The Hall–Kier alpha value is -3.43. The van der Waals surface area contributed by atoms with Gasteiger partial charge in [0.05, 0.1) is 14.2 Å². The summed E-state index contributed by atoms with van der Waals surface area (Å²) >= 11 is 0. The summed E-state index contributed by atoms with van der Waals surface area (Å²) in [6.45, 7) is 2.62. The van der Waals surface area contributed by atoms with Gasteiger partial charge in [0, 0.05) is 18.4 Å². The zero-order valence-corrected chi connectivity index (χ0v) is 15.9. The lowest BCUT2D eigenvalue weighted by atomic mass is 9.86. The summed E-state index contributed by atoms with van der Waals surface area (Å²) in [7, 11) is 2.15. The third kappa shape index (κ3) is 5.79. The monoisotopic (exact) mass is 394 g/mol. The summed E-state index contributed by atoms with van der Waals surface area (Å²) in [5.74, 6) is -6.26. The van der Waals surface area contributed by atoms with Crippen LogP contribution in [-0.2, 0) is 28.7 Å². The van der Waals surface area contributed by atoms with Gasteiger partial charge in [-0.3, -0.25) is 24.0 Å². The molecule has 0 bridgehead atoms. The lowest BCUT2D eigenvalue weighted by Gasteiger charge is -2.26. The molecule has 2 atom stereocenters. The third-order valence-electron chi connectivity index (χ3n) is 3.93. The fourth-order valence-electron chi connectivity index (χ4n) is 2.50. The number of rotatable bonds is 8. The van der Waals surface area contributed by atoms with E-state index in [2.05, 4.69) is 14.8 Å². The van der Waals surface area contributed by atoms with Crippen molar-refractivity contribution in [1.29, 1.82) is 0 Å². The number of carbonyl (C=O) groups excluding carboxylic acids is 5. The average Bonchev–Trinajstić information content (AvgIpc) is 2.65. The number of hydrogen-bond acceptors (Lipinski definition) is 8. The molecule has 0 spiro atoms. The molecule has 0 saturated heterocycles. The molecule has 0 fully saturated rings. The molecule has 0 aliphatic carbocycles. The Labute approximate surface area is 161 Å². The van der Waals surface area contributed by atoms with Gasteiger partial charge in [0.15, 0.2) is 5.92 Å². The Kier molecular flexibility index (Phi) is 8.11. The van der Waals surface area contributed by atoms with Crippen molar-refractivity contribution >= 4 is 29.7 Å². The van der Waals surface area contributed by atoms with Crippen LogP contribution < -0.4 is 15.8 Å². The molecule has 10 heteroatoms. The van der Waals surface area contributed by atoms with Gasteiger partial charge in [0.2, 0.25) is 5.91 Å². The summed E-state index contributed by atoms with van der Waals surface area (Å²) in [6.07, 6.45) is 0. The van der Waals surface area contributed by atoms with E-state index in [0.717, 1.165) is 14.2 Å². The summed E-state index contributed by atoms with van der Waals surface area (Å²) in [4.78, 5) is 59.1. The Balaban J connectivity index is 3.03. The first kappa shape index (κ1) is 22.6. The van der Waals surface area contributed by atoms with Gasteiger partial charge in [-0.15, -0.1) is 0 Å². The molecule has 3 N–H and O–H groups in total. The minimum absolute atomic E-state index is 0.141. The molecular weight excluding hydrogens is 372 g/mol. The van der Waals surface area contributed by atoms with Crippen molar-refractivity contribution in [2.45, 2.75) is 19.9 Å². The van der Waals surface area contributed by atoms with Gasteiger partial charge in [-0.1, -0.05) is 6.92 Å². The maximum absolute atomic E-state index is 12.4. The molecular formula is C18H22N2O8. The molecule has 1 rings (SSSR count). The van der Waals surface area contributed by atoms with E-state index >= 15 is 0 Å². The second-order valence-electron chi connectivity index (χ2n) is 5.85. The van der Waals surface area contributed by atoms with Crippen molar-refractivity contribution in [3.63, 3.8) is 0 Å². The van der Waals surface area contributed by atoms with E-state index in [0.29, 0.717) is 0 Å². The number of primary amides is 1. The number of esters is 3. The van der Waals surface area contributed by atoms with Crippen LogP contribution >= 0.6 is 0 Å². The van der Waals surface area contributed by atoms with Gasteiger partial charge in [-0.25, -0.2) is 0 Å². The zero-order chi connectivity index (χ0) is 21.4. The molecule has 1 aromatic carbocycles. The van der Waals surface area contributed by atoms with Gasteiger partial charge in [-0.05, 0) is 24.3 Å². The summed E-state index contributed by atoms with van der Waals surface area (Å²) in [5.41, 5.74) is 5.49. The molecule has 2 amide bonds. The van der Waals surface area contributed by atoms with Crippen LogP contribution in [0.25, 0.3) is 0 Å². The Morgan fingerprint density at radius 2 is 1.46 bits per heavy atom. The van der Waals surface area contributed by atoms with Crippen LogP contribution in [0.5, 0.6) is 5.75 Å². The summed E-state index contributed by atoms with van der Waals surface area (Å²) in [6, 6.07) is 4.17. The van der Waals surface area contributed by atoms with Crippen LogP contribution in [0.1, 0.15) is 24.2 Å². The van der Waals surface area contributed by atoms with Crippen molar-refractivity contribution in [1.82, 2.24) is 5.32 Å². The van der Waals surface area contributed by atoms with Crippen molar-refractivity contribution in [2.75, 3.05) is 14.2 Å². The highest BCUT2D eigenvalue weighted by atomic mass is 16.5. The fraction of sp³-hybridized carbons (Fsp3) is 0.389. The van der Waals surface area contributed by atoms with Gasteiger partial charge < -0.3 is 25.3 Å². The quantitative estimate of drug-likeness (QED) is 0.349. The first-order valence-corrected chi connectivity index (χ1v) is 8.16. The van der Waals surface area contributed by atoms with Crippen molar-refractivity contribution < 1.29 is 38.2 Å². The predicted molar refractivity (Wildman–Crippen MR) is 94.9 cm³/mol. The molecule has 1 aromatic rings. The van der Waals surface area contributed by atoms with Crippen LogP contribution in [0, 0.1) is 11.8 Å². The minimum atomic E-state index is -1.46. The second kappa shape index (κ2) is 10.0. The van der Waals surface area contributed by atoms with Crippen LogP contribution in [0.2, 0.25) is 0 Å². The number of benzene rings is 1. The van der Waals surface area contributed by atoms with E-state index < -0.39 is 47.6 Å². The van der Waals surface area contributed by atoms with E-state index in [4.69, 9.17) is 10.5 Å². The van der Waals surface area contributed by atoms with Gasteiger partial charge in [-0.2, -0.15) is 0 Å². The van der Waals surface area contributed by atoms with E-state index in [1.54, 1.807) is 0 Å². The normalized spacial score (nSPS) is 12.5. The first-order chi connectivity index (χ1) is 13.1. The second-order valence-corrected chi connectivity index (χ2v) is 5.85. The van der Waals surface area contributed by atoms with Crippen molar-refractivity contribution in [2.24, 2.45) is 17.6 Å². The molecule has 0 heterocycles. The number of methoxy groups -OCH3 is 2. The topological polar surface area (TPSA) is 151 Å². The summed E-state index contributed by atoms with van der Waals surface area (Å²) in [5, 5.41) is 2.39. The van der Waals surface area contributed by atoms with Gasteiger partial charge >= 0.3 is 17.9 Å². The Morgan fingerprint density at radius 3 is 1.86 bits per heavy atom. The maximum atomic E-state index is 12.4. The Bertz CT molecular complexity index is 743. The smallest absolute Gasteiger partial charge is 0.320 e. The molecule has 0 aromatic heterocycles. The number of nitrogens with two attached hydrogens (primary N) is 1. The predicted octanol–water partition coefficient (Wildman–Crippen LogP) is -0.206. The zero-order valence-electron chi connectivity index (χ0n) is 15.9. The standard InChI is InChI=1S/C18H22N2O8/c1-9(13(17(24)26-3)18(25)27-4)14(15(19)22)20-16(23)11-5-7-12(8-6-11)28-10(2)21/h5-9,13-14H,1-4H3,(H2,19,22)(H,20,23)/t9-,14+/m1/s1. The van der Waals surface area contributed by atoms with E-state index in [-0.39, 0.29) is 11.3 Å². The number of amides is 2. The number of carbonyl (C=O) groups is 5. The average molecular weight is 394 g/mol. The number of ether oxygens (including phenoxy) is 3. The maximum Gasteiger partial charge on any atom is 0.320 e. The van der Waals surface area contributed by atoms with Crippen LogP contribution in [-0.4, -0.2) is 50.0 Å². The van der Waals surface area contributed by atoms with E-state index in [1.165, 1.54) is 38.1 Å². The highest BCUT2D eigenvalue weighted by Crippen LogP contribution is 2.20. The fourth-order valence-corrected chi connectivity index (χ4v) is 2.50. The minimum Gasteiger partial charge on any atom is -0.468 e. The van der Waals surface area contributed by atoms with E-state index in [9.17, 15) is 24.0 Å². The van der Waals surface area contributed by atoms with E-state index in [1.807, 2.05) is 0 Å². The molecule has 0 saturated carbocycles. The largest absolute Gasteiger partial charge is 0.468 e. The van der Waals surface area contributed by atoms with Gasteiger partial charge in [0.25, 0.3) is 5.91 Å². The lowest BCUT2D eigenvalue weighted by Crippen LogP contribution is -2.52. The molecule has 0 unspecified atom stereocenters. The lowest BCUT2D eigenvalue weighted by molar-refractivity contribution is -0.162. The molecule has 0 aliphatic rings. The highest BCUT2D eigenvalue weighted by Gasteiger charge is 2.41. The van der Waals surface area contributed by atoms with Crippen molar-refractivity contribution in [3.8, 4) is 5.75 Å². The first-order valence-electron chi connectivity index (χ1n) is 8.16. The molecule has 10 nitrogen and oxygen atoms in total. The Morgan fingerprint density at radius 1 is 0.964 bits per heavy atom. The molecule has 0 aliphatic heterocycles. The third-order valence-corrected chi connectivity index (χ3v) is 3.93. The highest BCUT2D eigenvalue weighted by molar-refractivity contribution is 5.99. The number of hydrogen-bond donors (Lipinski definition) is 2. The van der Waals surface area contributed by atoms with Crippen LogP contribution in [0.15, 0.2) is 24.3 Å². The summed E-state index contributed by atoms with van der Waals surface area (Å²) < 4.78 is 14.0. The van der Waals surface area contributed by atoms with Gasteiger partial charge in [0.1, 0.15) is 11.8 Å². The molecule has 28 heavy (non-hydrogen) atoms. The van der Waals surface area contributed by atoms with Crippen LogP contribution in [0.4, 0.5) is 0 Å². The molecule has 0 radical (unpaired) electrons. The van der Waals surface area contributed by atoms with Crippen LogP contribution in [0.3, 0.4) is 0 Å². The SMILES string of the molecule is COC(=O)C(C(=O)OC)[C@@H](C)[C@H](NC(=O)c1ccc(OC(C)=O)cc1)C(N)=O. The van der Waals surface area contributed by atoms with Crippen molar-refractivity contribution in [3.05, 3.63) is 29.8 Å². The molecule has 152 valence electrons.